The molecule has 1 aromatic heterocycles. The Bertz CT molecular complexity index is 1310. The number of aromatic nitrogens is 2. The van der Waals surface area contributed by atoms with E-state index >= 15 is 0 Å². The monoisotopic (exact) mass is 532 g/mol. The number of benzene rings is 1. The zero-order chi connectivity index (χ0) is 25.2. The van der Waals surface area contributed by atoms with Crippen LogP contribution in [0, 0.1) is 5.92 Å². The van der Waals surface area contributed by atoms with Gasteiger partial charge in [0, 0.05) is 48.9 Å². The Morgan fingerprint density at radius 2 is 2.00 bits per heavy atom. The lowest BCUT2D eigenvalue weighted by Crippen LogP contribution is -2.42. The Labute approximate surface area is 226 Å². The molecule has 1 N–H and O–H groups in total. The first kappa shape index (κ1) is 24.8. The number of hydrogen-bond donors (Lipinski definition) is 1. The highest BCUT2D eigenvalue weighted by Gasteiger charge is 2.29. The number of allylic oxidation sites excluding steroid dienone is 3. The van der Waals surface area contributed by atoms with Gasteiger partial charge < -0.3 is 10.2 Å². The molecule has 2 aliphatic heterocycles. The molecule has 0 spiro atoms. The van der Waals surface area contributed by atoms with Crippen molar-refractivity contribution in [1.82, 2.24) is 19.8 Å². The third kappa shape index (κ3) is 5.24. The van der Waals surface area contributed by atoms with E-state index in [0.717, 1.165) is 23.1 Å². The number of amides is 1. The smallest absolute Gasteiger partial charge is 0.264 e. The van der Waals surface area contributed by atoms with E-state index in [1.165, 1.54) is 24.8 Å². The van der Waals surface area contributed by atoms with E-state index in [0.29, 0.717) is 54.5 Å². The van der Waals surface area contributed by atoms with Crippen molar-refractivity contribution in [2.24, 2.45) is 5.92 Å². The quantitative estimate of drug-likeness (QED) is 0.399. The number of thioether (sulfide) groups is 2. The van der Waals surface area contributed by atoms with Gasteiger partial charge in [-0.3, -0.25) is 14.2 Å². The lowest BCUT2D eigenvalue weighted by Gasteiger charge is -2.30. The van der Waals surface area contributed by atoms with Crippen LogP contribution in [-0.2, 0) is 17.8 Å². The first-order valence-corrected chi connectivity index (χ1v) is 15.0. The Morgan fingerprint density at radius 1 is 1.16 bits per heavy atom. The van der Waals surface area contributed by atoms with Crippen LogP contribution in [0.25, 0.3) is 5.69 Å². The molecule has 8 heteroatoms. The summed E-state index contributed by atoms with van der Waals surface area (Å²) in [5.74, 6) is 0.549. The summed E-state index contributed by atoms with van der Waals surface area (Å²) in [4.78, 5) is 33.6. The standard InChI is InChI=1S/C29H32N4O2S2/c34-27(13-15-30-17-20-19-36-26-12-5-4-11-23(20)26)32-16-14-25-24(18-32)28(35)33(21-7-2-1-3-8-21)29(31-25)37-22-9-6-10-22/h1-5,7-8,11-12,19,22-23,26,30H,6,9-10,13-18H2/t23?,26-/m1/s1. The second-order valence-electron chi connectivity index (χ2n) is 10.0. The van der Waals surface area contributed by atoms with Crippen molar-refractivity contribution < 1.29 is 4.79 Å². The average molecular weight is 533 g/mol. The summed E-state index contributed by atoms with van der Waals surface area (Å²) in [5.41, 5.74) is 3.70. The largest absolute Gasteiger partial charge is 0.338 e. The minimum absolute atomic E-state index is 0.0385. The summed E-state index contributed by atoms with van der Waals surface area (Å²) in [5, 5.41) is 7.55. The molecule has 6 nitrogen and oxygen atoms in total. The lowest BCUT2D eigenvalue weighted by atomic mass is 9.93. The van der Waals surface area contributed by atoms with Gasteiger partial charge in [-0.15, -0.1) is 11.8 Å². The summed E-state index contributed by atoms with van der Waals surface area (Å²) < 4.78 is 1.76. The molecule has 1 fully saturated rings. The van der Waals surface area contributed by atoms with E-state index in [9.17, 15) is 9.59 Å². The van der Waals surface area contributed by atoms with Gasteiger partial charge in [0.25, 0.3) is 5.56 Å². The van der Waals surface area contributed by atoms with Crippen LogP contribution in [0.5, 0.6) is 0 Å². The van der Waals surface area contributed by atoms with Gasteiger partial charge in [0.15, 0.2) is 5.16 Å². The van der Waals surface area contributed by atoms with Gasteiger partial charge in [-0.05, 0) is 36.0 Å². The Hall–Kier alpha value is -2.55. The van der Waals surface area contributed by atoms with Crippen LogP contribution < -0.4 is 10.9 Å². The fourth-order valence-corrected chi connectivity index (χ4v) is 7.74. The number of nitrogens with one attached hydrogen (secondary N) is 1. The van der Waals surface area contributed by atoms with Gasteiger partial charge in [0.2, 0.25) is 5.91 Å². The van der Waals surface area contributed by atoms with Crippen LogP contribution >= 0.6 is 23.5 Å². The maximum Gasteiger partial charge on any atom is 0.264 e. The first-order valence-electron chi connectivity index (χ1n) is 13.2. The van der Waals surface area contributed by atoms with Crippen molar-refractivity contribution in [3.05, 3.63) is 87.2 Å². The molecule has 0 radical (unpaired) electrons. The number of hydrogen-bond acceptors (Lipinski definition) is 6. The van der Waals surface area contributed by atoms with Crippen LogP contribution in [0.3, 0.4) is 0 Å². The molecule has 37 heavy (non-hydrogen) atoms. The van der Waals surface area contributed by atoms with Gasteiger partial charge in [0.1, 0.15) is 0 Å². The predicted molar refractivity (Wildman–Crippen MR) is 151 cm³/mol. The van der Waals surface area contributed by atoms with Crippen molar-refractivity contribution in [1.29, 1.82) is 0 Å². The summed E-state index contributed by atoms with van der Waals surface area (Å²) in [6, 6.07) is 9.76. The summed E-state index contributed by atoms with van der Waals surface area (Å²) >= 11 is 3.60. The number of rotatable bonds is 8. The molecular formula is C29H32N4O2S2. The fourth-order valence-electron chi connectivity index (χ4n) is 5.23. The Morgan fingerprint density at radius 3 is 2.81 bits per heavy atom. The number of para-hydroxylation sites is 1. The molecular weight excluding hydrogens is 500 g/mol. The number of carbonyl (C=O) groups is 1. The summed E-state index contributed by atoms with van der Waals surface area (Å²) in [6.45, 7) is 2.38. The van der Waals surface area contributed by atoms with Crippen molar-refractivity contribution in [2.45, 2.75) is 54.3 Å². The van der Waals surface area contributed by atoms with E-state index in [1.54, 1.807) is 16.3 Å². The highest BCUT2D eigenvalue weighted by molar-refractivity contribution is 8.03. The zero-order valence-corrected chi connectivity index (χ0v) is 22.5. The molecule has 192 valence electrons. The second kappa shape index (κ2) is 11.1. The molecule has 3 heterocycles. The van der Waals surface area contributed by atoms with Gasteiger partial charge in [-0.1, -0.05) is 60.7 Å². The Kier molecular flexibility index (Phi) is 7.40. The maximum atomic E-state index is 13.8. The van der Waals surface area contributed by atoms with Crippen LogP contribution in [0.4, 0.5) is 0 Å². The molecule has 2 atom stereocenters. The predicted octanol–water partition coefficient (Wildman–Crippen LogP) is 4.48. The van der Waals surface area contributed by atoms with Crippen molar-refractivity contribution in [2.75, 3.05) is 19.6 Å². The fraction of sp³-hybridized carbons (Fsp3) is 0.414. The third-order valence-electron chi connectivity index (χ3n) is 7.62. The molecule has 1 unspecified atom stereocenters. The van der Waals surface area contributed by atoms with Crippen molar-refractivity contribution >= 4 is 29.4 Å². The van der Waals surface area contributed by atoms with Crippen molar-refractivity contribution in [3.63, 3.8) is 0 Å². The number of nitrogens with zero attached hydrogens (tertiary/aromatic N) is 3. The second-order valence-corrected chi connectivity index (χ2v) is 12.4. The molecule has 0 bridgehead atoms. The van der Waals surface area contributed by atoms with E-state index in [1.807, 2.05) is 47.0 Å². The Balaban J connectivity index is 1.11. The normalized spacial score (nSPS) is 22.4. The minimum Gasteiger partial charge on any atom is -0.338 e. The highest BCUT2D eigenvalue weighted by atomic mass is 32.2. The van der Waals surface area contributed by atoms with Crippen LogP contribution in [-0.4, -0.2) is 50.5 Å². The van der Waals surface area contributed by atoms with E-state index in [-0.39, 0.29) is 11.5 Å². The average Bonchev–Trinajstić information content (AvgIpc) is 3.32. The molecule has 0 saturated heterocycles. The summed E-state index contributed by atoms with van der Waals surface area (Å²) in [6.07, 6.45) is 13.4. The van der Waals surface area contributed by atoms with Crippen LogP contribution in [0.15, 0.2) is 75.6 Å². The molecule has 1 aromatic carbocycles. The highest BCUT2D eigenvalue weighted by Crippen LogP contribution is 2.39. The molecule has 1 saturated carbocycles. The summed E-state index contributed by atoms with van der Waals surface area (Å²) in [7, 11) is 0. The zero-order valence-electron chi connectivity index (χ0n) is 20.8. The van der Waals surface area contributed by atoms with Crippen LogP contribution in [0.1, 0.15) is 36.9 Å². The number of fused-ring (bicyclic) bond motifs is 2. The van der Waals surface area contributed by atoms with Gasteiger partial charge >= 0.3 is 0 Å². The van der Waals surface area contributed by atoms with E-state index < -0.39 is 0 Å². The molecule has 1 amide bonds. The van der Waals surface area contributed by atoms with Gasteiger partial charge in [-0.2, -0.15) is 0 Å². The van der Waals surface area contributed by atoms with E-state index in [4.69, 9.17) is 4.98 Å². The maximum absolute atomic E-state index is 13.8. The number of carbonyl (C=O) groups excluding carboxylic acids is 1. The molecule has 2 aromatic rings. The van der Waals surface area contributed by atoms with Gasteiger partial charge in [0.05, 0.1) is 23.5 Å². The topological polar surface area (TPSA) is 67.2 Å². The van der Waals surface area contributed by atoms with Crippen molar-refractivity contribution in [3.8, 4) is 5.69 Å². The van der Waals surface area contributed by atoms with Crippen LogP contribution in [0.2, 0.25) is 0 Å². The molecule has 4 aliphatic rings. The van der Waals surface area contributed by atoms with E-state index in [2.05, 4.69) is 35.0 Å². The lowest BCUT2D eigenvalue weighted by molar-refractivity contribution is -0.132. The SMILES string of the molecule is O=C(CCNCC1=CS[C@@H]2C=CC=CC12)N1CCc2nc(SC3CCC3)n(-c3ccccc3)c(=O)c2C1. The third-order valence-corrected chi connectivity index (χ3v) is 10.1. The molecule has 2 aliphatic carbocycles. The molecule has 6 rings (SSSR count). The minimum atomic E-state index is -0.0385. The van der Waals surface area contributed by atoms with Gasteiger partial charge in [-0.25, -0.2) is 4.98 Å². The first-order chi connectivity index (χ1) is 18.2.